The molecule has 1 aromatic carbocycles. The lowest BCUT2D eigenvalue weighted by atomic mass is 10.2. The van der Waals surface area contributed by atoms with Crippen LogP contribution in [0.4, 0.5) is 4.39 Å². The molecule has 0 unspecified atom stereocenters. The SMILES string of the molecule is Cc1ccc(OCCCCCCNC2CC2)cc1F. The Labute approximate surface area is 115 Å². The maximum absolute atomic E-state index is 13.3. The summed E-state index contributed by atoms with van der Waals surface area (Å²) in [6.07, 6.45) is 7.43. The minimum atomic E-state index is -0.191. The highest BCUT2D eigenvalue weighted by atomic mass is 19.1. The van der Waals surface area contributed by atoms with Crippen LogP contribution in [0.1, 0.15) is 44.1 Å². The Kier molecular flexibility index (Phi) is 5.64. The van der Waals surface area contributed by atoms with Crippen LogP contribution in [-0.2, 0) is 0 Å². The summed E-state index contributed by atoms with van der Waals surface area (Å²) in [7, 11) is 0. The van der Waals surface area contributed by atoms with Crippen LogP contribution < -0.4 is 10.1 Å². The van der Waals surface area contributed by atoms with E-state index in [1.807, 2.05) is 6.07 Å². The monoisotopic (exact) mass is 265 g/mol. The van der Waals surface area contributed by atoms with Gasteiger partial charge in [0.2, 0.25) is 0 Å². The van der Waals surface area contributed by atoms with Gasteiger partial charge in [0, 0.05) is 12.1 Å². The Morgan fingerprint density at radius 1 is 1.21 bits per heavy atom. The number of hydrogen-bond acceptors (Lipinski definition) is 2. The van der Waals surface area contributed by atoms with E-state index in [4.69, 9.17) is 4.74 Å². The second kappa shape index (κ2) is 7.49. The standard InChI is InChI=1S/C16H24FNO/c1-13-6-9-15(12-16(13)17)19-11-5-3-2-4-10-18-14-7-8-14/h6,9,12,14,18H,2-5,7-8,10-11H2,1H3. The molecule has 0 spiro atoms. The smallest absolute Gasteiger partial charge is 0.129 e. The van der Waals surface area contributed by atoms with Crippen molar-refractivity contribution >= 4 is 0 Å². The fraction of sp³-hybridized carbons (Fsp3) is 0.625. The molecule has 0 heterocycles. The van der Waals surface area contributed by atoms with Gasteiger partial charge in [-0.05, 0) is 50.8 Å². The molecule has 1 saturated carbocycles. The summed E-state index contributed by atoms with van der Waals surface area (Å²) in [4.78, 5) is 0. The van der Waals surface area contributed by atoms with Crippen molar-refractivity contribution in [1.29, 1.82) is 0 Å². The largest absolute Gasteiger partial charge is 0.493 e. The molecule has 1 N–H and O–H groups in total. The van der Waals surface area contributed by atoms with Crippen molar-refractivity contribution in [3.8, 4) is 5.75 Å². The highest BCUT2D eigenvalue weighted by molar-refractivity contribution is 5.27. The highest BCUT2D eigenvalue weighted by Crippen LogP contribution is 2.18. The van der Waals surface area contributed by atoms with E-state index in [0.29, 0.717) is 17.9 Å². The number of unbranched alkanes of at least 4 members (excludes halogenated alkanes) is 3. The van der Waals surface area contributed by atoms with Gasteiger partial charge in [0.25, 0.3) is 0 Å². The molecule has 0 aliphatic heterocycles. The van der Waals surface area contributed by atoms with Gasteiger partial charge in [-0.15, -0.1) is 0 Å². The second-order valence-electron chi connectivity index (χ2n) is 5.40. The molecule has 3 heteroatoms. The van der Waals surface area contributed by atoms with Gasteiger partial charge in [0.05, 0.1) is 6.61 Å². The van der Waals surface area contributed by atoms with Crippen molar-refractivity contribution < 1.29 is 9.13 Å². The molecule has 0 atom stereocenters. The van der Waals surface area contributed by atoms with Gasteiger partial charge in [-0.2, -0.15) is 0 Å². The molecule has 1 aliphatic carbocycles. The first-order valence-electron chi connectivity index (χ1n) is 7.38. The van der Waals surface area contributed by atoms with Crippen LogP contribution in [0.25, 0.3) is 0 Å². The van der Waals surface area contributed by atoms with Crippen LogP contribution in [0.2, 0.25) is 0 Å². The van der Waals surface area contributed by atoms with Crippen LogP contribution in [-0.4, -0.2) is 19.2 Å². The van der Waals surface area contributed by atoms with Crippen LogP contribution in [0, 0.1) is 12.7 Å². The number of hydrogen-bond donors (Lipinski definition) is 1. The average molecular weight is 265 g/mol. The first-order chi connectivity index (χ1) is 9.25. The summed E-state index contributed by atoms with van der Waals surface area (Å²) in [6.45, 7) is 3.59. The quantitative estimate of drug-likeness (QED) is 0.685. The van der Waals surface area contributed by atoms with E-state index < -0.39 is 0 Å². The molecule has 0 bridgehead atoms. The zero-order chi connectivity index (χ0) is 13.5. The third kappa shape index (κ3) is 5.60. The maximum Gasteiger partial charge on any atom is 0.129 e. The lowest BCUT2D eigenvalue weighted by molar-refractivity contribution is 0.303. The lowest BCUT2D eigenvalue weighted by Gasteiger charge is -2.07. The van der Waals surface area contributed by atoms with E-state index in [2.05, 4.69) is 5.32 Å². The van der Waals surface area contributed by atoms with E-state index in [0.717, 1.165) is 19.0 Å². The van der Waals surface area contributed by atoms with Crippen molar-refractivity contribution in [2.75, 3.05) is 13.2 Å². The summed E-state index contributed by atoms with van der Waals surface area (Å²) < 4.78 is 18.8. The zero-order valence-corrected chi connectivity index (χ0v) is 11.8. The Morgan fingerprint density at radius 2 is 2.00 bits per heavy atom. The number of benzene rings is 1. The average Bonchev–Trinajstić information content (AvgIpc) is 3.21. The molecular weight excluding hydrogens is 241 g/mol. The van der Waals surface area contributed by atoms with Crippen LogP contribution in [0.15, 0.2) is 18.2 Å². The molecule has 19 heavy (non-hydrogen) atoms. The third-order valence-electron chi connectivity index (χ3n) is 3.49. The Morgan fingerprint density at radius 3 is 2.74 bits per heavy atom. The van der Waals surface area contributed by atoms with Crippen molar-refractivity contribution in [2.45, 2.75) is 51.5 Å². The predicted octanol–water partition coefficient (Wildman–Crippen LogP) is 3.83. The third-order valence-corrected chi connectivity index (χ3v) is 3.49. The first-order valence-corrected chi connectivity index (χ1v) is 7.38. The van der Waals surface area contributed by atoms with Gasteiger partial charge in [-0.1, -0.05) is 18.9 Å². The molecule has 0 amide bonds. The molecule has 2 nitrogen and oxygen atoms in total. The van der Waals surface area contributed by atoms with E-state index in [9.17, 15) is 4.39 Å². The van der Waals surface area contributed by atoms with Gasteiger partial charge in [-0.3, -0.25) is 0 Å². The van der Waals surface area contributed by atoms with Gasteiger partial charge in [0.1, 0.15) is 11.6 Å². The van der Waals surface area contributed by atoms with Crippen LogP contribution >= 0.6 is 0 Å². The molecular formula is C16H24FNO. The fourth-order valence-electron chi connectivity index (χ4n) is 2.03. The van der Waals surface area contributed by atoms with Crippen molar-refractivity contribution in [2.24, 2.45) is 0 Å². The molecule has 106 valence electrons. The van der Waals surface area contributed by atoms with E-state index >= 15 is 0 Å². The van der Waals surface area contributed by atoms with E-state index in [-0.39, 0.29) is 5.82 Å². The van der Waals surface area contributed by atoms with Crippen molar-refractivity contribution in [1.82, 2.24) is 5.32 Å². The van der Waals surface area contributed by atoms with E-state index in [1.165, 1.54) is 38.2 Å². The predicted molar refractivity (Wildman–Crippen MR) is 76.1 cm³/mol. The molecule has 0 aromatic heterocycles. The Bertz CT molecular complexity index is 390. The molecule has 0 saturated heterocycles. The zero-order valence-electron chi connectivity index (χ0n) is 11.8. The summed E-state index contributed by atoms with van der Waals surface area (Å²) >= 11 is 0. The normalized spacial score (nSPS) is 14.6. The number of halogens is 1. The number of aryl methyl sites for hydroxylation is 1. The van der Waals surface area contributed by atoms with E-state index in [1.54, 1.807) is 13.0 Å². The summed E-state index contributed by atoms with van der Waals surface area (Å²) in [6, 6.07) is 5.88. The second-order valence-corrected chi connectivity index (χ2v) is 5.40. The lowest BCUT2D eigenvalue weighted by Crippen LogP contribution is -2.17. The van der Waals surface area contributed by atoms with Crippen LogP contribution in [0.3, 0.4) is 0 Å². The minimum Gasteiger partial charge on any atom is -0.493 e. The molecule has 1 fully saturated rings. The summed E-state index contributed by atoms with van der Waals surface area (Å²) in [5, 5.41) is 3.51. The highest BCUT2D eigenvalue weighted by Gasteiger charge is 2.19. The van der Waals surface area contributed by atoms with Crippen molar-refractivity contribution in [3.05, 3.63) is 29.6 Å². The summed E-state index contributed by atoms with van der Waals surface area (Å²) in [5.41, 5.74) is 0.663. The molecule has 1 aliphatic rings. The maximum atomic E-state index is 13.3. The molecule has 0 radical (unpaired) electrons. The first kappa shape index (κ1) is 14.3. The topological polar surface area (TPSA) is 21.3 Å². The molecule has 2 rings (SSSR count). The number of nitrogens with one attached hydrogen (secondary N) is 1. The Balaban J connectivity index is 1.47. The number of rotatable bonds is 9. The van der Waals surface area contributed by atoms with Gasteiger partial charge >= 0.3 is 0 Å². The van der Waals surface area contributed by atoms with Gasteiger partial charge in [0.15, 0.2) is 0 Å². The molecule has 1 aromatic rings. The Hall–Kier alpha value is -1.09. The van der Waals surface area contributed by atoms with Gasteiger partial charge < -0.3 is 10.1 Å². The summed E-state index contributed by atoms with van der Waals surface area (Å²) in [5.74, 6) is 0.446. The van der Waals surface area contributed by atoms with Gasteiger partial charge in [-0.25, -0.2) is 4.39 Å². The van der Waals surface area contributed by atoms with Crippen molar-refractivity contribution in [3.63, 3.8) is 0 Å². The van der Waals surface area contributed by atoms with Crippen LogP contribution in [0.5, 0.6) is 5.75 Å². The minimum absolute atomic E-state index is 0.191. The fourth-order valence-corrected chi connectivity index (χ4v) is 2.03. The number of ether oxygens (including phenoxy) is 1.